The standard InChI is InChI=1S/C21H24N4/c1-15-6-5-7-19(22-15)16(2)23-18-11-9-17(10-12-18)20-14-25-13-4-3-8-21(25)24-20/h5-7,9-12,14,16,23H,3-4,8,13H2,1-2H3. The number of hydrogen-bond acceptors (Lipinski definition) is 3. The summed E-state index contributed by atoms with van der Waals surface area (Å²) in [7, 11) is 0. The molecule has 3 aromatic rings. The fraction of sp³-hybridized carbons (Fsp3) is 0.333. The van der Waals surface area contributed by atoms with Gasteiger partial charge in [-0.3, -0.25) is 4.98 Å². The largest absolute Gasteiger partial charge is 0.377 e. The number of hydrogen-bond donors (Lipinski definition) is 1. The third kappa shape index (κ3) is 3.43. The molecule has 1 aliphatic rings. The van der Waals surface area contributed by atoms with Crippen molar-refractivity contribution in [1.82, 2.24) is 14.5 Å². The van der Waals surface area contributed by atoms with Crippen LogP contribution in [0.5, 0.6) is 0 Å². The summed E-state index contributed by atoms with van der Waals surface area (Å²) in [6, 6.07) is 14.9. The highest BCUT2D eigenvalue weighted by atomic mass is 15.1. The smallest absolute Gasteiger partial charge is 0.109 e. The van der Waals surface area contributed by atoms with Crippen LogP contribution in [0.4, 0.5) is 5.69 Å². The highest BCUT2D eigenvalue weighted by Crippen LogP contribution is 2.25. The third-order valence-electron chi connectivity index (χ3n) is 4.83. The van der Waals surface area contributed by atoms with Crippen LogP contribution in [-0.4, -0.2) is 14.5 Å². The molecule has 128 valence electrons. The summed E-state index contributed by atoms with van der Waals surface area (Å²) in [5.74, 6) is 1.22. The number of aromatic nitrogens is 3. The van der Waals surface area contributed by atoms with E-state index < -0.39 is 0 Å². The van der Waals surface area contributed by atoms with Crippen LogP contribution in [0.25, 0.3) is 11.3 Å². The minimum Gasteiger partial charge on any atom is -0.377 e. The van der Waals surface area contributed by atoms with E-state index in [1.165, 1.54) is 24.2 Å². The molecular formula is C21H24N4. The lowest BCUT2D eigenvalue weighted by Gasteiger charge is -2.15. The molecule has 0 aliphatic carbocycles. The zero-order chi connectivity index (χ0) is 17.2. The lowest BCUT2D eigenvalue weighted by atomic mass is 10.1. The molecule has 1 aliphatic heterocycles. The first-order chi connectivity index (χ1) is 12.2. The summed E-state index contributed by atoms with van der Waals surface area (Å²) >= 11 is 0. The Morgan fingerprint density at radius 1 is 1.04 bits per heavy atom. The van der Waals surface area contributed by atoms with E-state index in [4.69, 9.17) is 4.98 Å². The number of fused-ring (bicyclic) bond motifs is 1. The number of rotatable bonds is 4. The normalized spacial score (nSPS) is 14.8. The van der Waals surface area contributed by atoms with Gasteiger partial charge in [0.1, 0.15) is 5.82 Å². The van der Waals surface area contributed by atoms with Gasteiger partial charge in [0, 0.05) is 36.1 Å². The van der Waals surface area contributed by atoms with Gasteiger partial charge in [0.25, 0.3) is 0 Å². The number of anilines is 1. The van der Waals surface area contributed by atoms with E-state index in [-0.39, 0.29) is 6.04 Å². The van der Waals surface area contributed by atoms with Crippen LogP contribution < -0.4 is 5.32 Å². The van der Waals surface area contributed by atoms with Gasteiger partial charge in [-0.2, -0.15) is 0 Å². The molecule has 25 heavy (non-hydrogen) atoms. The number of nitrogens with zero attached hydrogens (tertiary/aromatic N) is 3. The second-order valence-electron chi connectivity index (χ2n) is 6.84. The van der Waals surface area contributed by atoms with Crippen molar-refractivity contribution in [3.05, 3.63) is 65.9 Å². The van der Waals surface area contributed by atoms with E-state index in [1.54, 1.807) is 0 Å². The average molecular weight is 332 g/mol. The molecule has 0 bridgehead atoms. The van der Waals surface area contributed by atoms with Gasteiger partial charge in [0.15, 0.2) is 0 Å². The lowest BCUT2D eigenvalue weighted by Crippen LogP contribution is -2.08. The number of pyridine rings is 1. The van der Waals surface area contributed by atoms with Gasteiger partial charge in [-0.15, -0.1) is 0 Å². The predicted octanol–water partition coefficient (Wildman–Crippen LogP) is 4.76. The van der Waals surface area contributed by atoms with E-state index >= 15 is 0 Å². The highest BCUT2D eigenvalue weighted by molar-refractivity contribution is 5.62. The fourth-order valence-corrected chi connectivity index (χ4v) is 3.42. The Labute approximate surface area is 149 Å². The summed E-state index contributed by atoms with van der Waals surface area (Å²) in [5, 5.41) is 3.52. The minimum absolute atomic E-state index is 0.172. The van der Waals surface area contributed by atoms with Crippen LogP contribution in [-0.2, 0) is 13.0 Å². The van der Waals surface area contributed by atoms with Gasteiger partial charge in [0.2, 0.25) is 0 Å². The molecule has 0 saturated heterocycles. The molecule has 1 atom stereocenters. The van der Waals surface area contributed by atoms with Gasteiger partial charge in [0.05, 0.1) is 17.4 Å². The van der Waals surface area contributed by atoms with E-state index in [2.05, 4.69) is 64.4 Å². The molecule has 0 amide bonds. The van der Waals surface area contributed by atoms with Crippen molar-refractivity contribution in [1.29, 1.82) is 0 Å². The van der Waals surface area contributed by atoms with Crippen LogP contribution in [0, 0.1) is 6.92 Å². The summed E-state index contributed by atoms with van der Waals surface area (Å²) in [5.41, 5.74) is 5.46. The van der Waals surface area contributed by atoms with Crippen molar-refractivity contribution in [3.8, 4) is 11.3 Å². The summed E-state index contributed by atoms with van der Waals surface area (Å²) < 4.78 is 2.30. The molecule has 0 radical (unpaired) electrons. The molecule has 0 fully saturated rings. The Balaban J connectivity index is 1.49. The Bertz CT molecular complexity index is 840. The molecule has 1 N–H and O–H groups in total. The van der Waals surface area contributed by atoms with Crippen LogP contribution in [0.15, 0.2) is 48.7 Å². The molecule has 4 rings (SSSR count). The van der Waals surface area contributed by atoms with Crippen molar-refractivity contribution in [2.24, 2.45) is 0 Å². The Morgan fingerprint density at radius 3 is 2.64 bits per heavy atom. The van der Waals surface area contributed by atoms with Crippen LogP contribution >= 0.6 is 0 Å². The first-order valence-electron chi connectivity index (χ1n) is 9.05. The Kier molecular flexibility index (Phi) is 4.26. The topological polar surface area (TPSA) is 42.7 Å². The molecule has 0 saturated carbocycles. The van der Waals surface area contributed by atoms with Crippen LogP contribution in [0.2, 0.25) is 0 Å². The lowest BCUT2D eigenvalue weighted by molar-refractivity contribution is 0.522. The van der Waals surface area contributed by atoms with E-state index in [9.17, 15) is 0 Å². The molecule has 0 spiro atoms. The molecule has 2 aromatic heterocycles. The van der Waals surface area contributed by atoms with Gasteiger partial charge < -0.3 is 9.88 Å². The van der Waals surface area contributed by atoms with Crippen molar-refractivity contribution >= 4 is 5.69 Å². The average Bonchev–Trinajstić information content (AvgIpc) is 3.06. The van der Waals surface area contributed by atoms with Gasteiger partial charge in [-0.1, -0.05) is 18.2 Å². The van der Waals surface area contributed by atoms with Gasteiger partial charge in [-0.05, 0) is 51.0 Å². The number of benzene rings is 1. The first-order valence-corrected chi connectivity index (χ1v) is 9.05. The van der Waals surface area contributed by atoms with E-state index in [0.29, 0.717) is 0 Å². The van der Waals surface area contributed by atoms with Crippen LogP contribution in [0.3, 0.4) is 0 Å². The number of aryl methyl sites for hydroxylation is 3. The molecule has 1 aromatic carbocycles. The zero-order valence-corrected chi connectivity index (χ0v) is 14.9. The van der Waals surface area contributed by atoms with E-state index in [1.807, 2.05) is 13.0 Å². The predicted molar refractivity (Wildman–Crippen MR) is 102 cm³/mol. The molecule has 4 heteroatoms. The SMILES string of the molecule is Cc1cccc(C(C)Nc2ccc(-c3cn4c(n3)CCCC4)cc2)n1. The summed E-state index contributed by atoms with van der Waals surface area (Å²) in [6.45, 7) is 5.26. The fourth-order valence-electron chi connectivity index (χ4n) is 3.42. The third-order valence-corrected chi connectivity index (χ3v) is 4.83. The maximum absolute atomic E-state index is 4.80. The number of nitrogens with one attached hydrogen (secondary N) is 1. The van der Waals surface area contributed by atoms with Crippen molar-refractivity contribution < 1.29 is 0 Å². The highest BCUT2D eigenvalue weighted by Gasteiger charge is 2.13. The summed E-state index contributed by atoms with van der Waals surface area (Å²) in [4.78, 5) is 9.40. The zero-order valence-electron chi connectivity index (χ0n) is 14.9. The molecule has 3 heterocycles. The van der Waals surface area contributed by atoms with Gasteiger partial charge >= 0.3 is 0 Å². The van der Waals surface area contributed by atoms with Gasteiger partial charge in [-0.25, -0.2) is 4.98 Å². The van der Waals surface area contributed by atoms with E-state index in [0.717, 1.165) is 35.7 Å². The Morgan fingerprint density at radius 2 is 1.88 bits per heavy atom. The van der Waals surface area contributed by atoms with Crippen molar-refractivity contribution in [2.45, 2.75) is 45.7 Å². The summed E-state index contributed by atoms with van der Waals surface area (Å²) in [6.07, 6.45) is 5.80. The number of imidazole rings is 1. The first kappa shape index (κ1) is 15.9. The Hall–Kier alpha value is -2.62. The minimum atomic E-state index is 0.172. The molecular weight excluding hydrogens is 308 g/mol. The molecule has 1 unspecified atom stereocenters. The maximum atomic E-state index is 4.80. The molecule has 4 nitrogen and oxygen atoms in total. The van der Waals surface area contributed by atoms with Crippen LogP contribution in [0.1, 0.15) is 43.0 Å². The second kappa shape index (κ2) is 6.71. The van der Waals surface area contributed by atoms with Crippen molar-refractivity contribution in [3.63, 3.8) is 0 Å². The monoisotopic (exact) mass is 332 g/mol. The quantitative estimate of drug-likeness (QED) is 0.749. The maximum Gasteiger partial charge on any atom is 0.109 e. The second-order valence-corrected chi connectivity index (χ2v) is 6.84. The van der Waals surface area contributed by atoms with Crippen molar-refractivity contribution in [2.75, 3.05) is 5.32 Å².